The van der Waals surface area contributed by atoms with Crippen molar-refractivity contribution in [2.24, 2.45) is 5.41 Å². The van der Waals surface area contributed by atoms with E-state index in [-0.39, 0.29) is 12.5 Å². The van der Waals surface area contributed by atoms with Crippen LogP contribution in [0, 0.1) is 5.41 Å². The maximum atomic E-state index is 12.5. The number of furan rings is 1. The second-order valence-corrected chi connectivity index (χ2v) is 6.83. The minimum absolute atomic E-state index is 0.161. The van der Waals surface area contributed by atoms with Crippen molar-refractivity contribution in [3.63, 3.8) is 0 Å². The van der Waals surface area contributed by atoms with Crippen molar-refractivity contribution in [1.29, 1.82) is 0 Å². The Labute approximate surface area is 160 Å². The third kappa shape index (κ3) is 5.46. The first-order valence-corrected chi connectivity index (χ1v) is 9.35. The SMILES string of the molecule is C=CCOC(=O)/C=C(\C=C\CC[C@@]1(C)C(=O)CC[C@@H]1c1ccoc1)OCC. The molecule has 5 heteroatoms. The molecule has 5 nitrogen and oxygen atoms in total. The van der Waals surface area contributed by atoms with E-state index in [1.807, 2.05) is 26.0 Å². The van der Waals surface area contributed by atoms with Crippen LogP contribution in [-0.4, -0.2) is 25.0 Å². The predicted molar refractivity (Wildman–Crippen MR) is 103 cm³/mol. The summed E-state index contributed by atoms with van der Waals surface area (Å²) in [5.74, 6) is 0.463. The van der Waals surface area contributed by atoms with Crippen LogP contribution in [0.25, 0.3) is 0 Å². The number of ether oxygens (including phenoxy) is 2. The van der Waals surface area contributed by atoms with Gasteiger partial charge in [-0.05, 0) is 49.8 Å². The normalized spacial score (nSPS) is 23.0. The molecule has 0 N–H and O–H groups in total. The molecule has 0 aromatic carbocycles. The first-order chi connectivity index (χ1) is 13.0. The Balaban J connectivity index is 1.99. The third-order valence-corrected chi connectivity index (χ3v) is 5.04. The molecule has 0 radical (unpaired) electrons. The van der Waals surface area contributed by atoms with Gasteiger partial charge in [-0.3, -0.25) is 4.79 Å². The first-order valence-electron chi connectivity index (χ1n) is 9.35. The fraction of sp³-hybridized carbons (Fsp3) is 0.455. The molecule has 1 aliphatic rings. The highest BCUT2D eigenvalue weighted by molar-refractivity contribution is 5.88. The summed E-state index contributed by atoms with van der Waals surface area (Å²) in [5.41, 5.74) is 0.694. The summed E-state index contributed by atoms with van der Waals surface area (Å²) in [7, 11) is 0. The average molecular weight is 372 g/mol. The van der Waals surface area contributed by atoms with E-state index in [1.54, 1.807) is 18.6 Å². The Hall–Kier alpha value is -2.56. The summed E-state index contributed by atoms with van der Waals surface area (Å²) in [6.45, 7) is 8.01. The zero-order chi connectivity index (χ0) is 19.7. The molecule has 0 saturated heterocycles. The lowest BCUT2D eigenvalue weighted by molar-refractivity contribution is -0.136. The highest BCUT2D eigenvalue weighted by atomic mass is 16.5. The number of carbonyl (C=O) groups is 2. The van der Waals surface area contributed by atoms with Crippen LogP contribution in [0.3, 0.4) is 0 Å². The first kappa shape index (κ1) is 20.7. The van der Waals surface area contributed by atoms with E-state index >= 15 is 0 Å². The van der Waals surface area contributed by atoms with E-state index in [1.165, 1.54) is 12.2 Å². The van der Waals surface area contributed by atoms with Gasteiger partial charge in [0.1, 0.15) is 18.1 Å². The Morgan fingerprint density at radius 2 is 2.26 bits per heavy atom. The quantitative estimate of drug-likeness (QED) is 0.195. The van der Waals surface area contributed by atoms with Crippen molar-refractivity contribution in [2.75, 3.05) is 13.2 Å². The molecule has 0 unspecified atom stereocenters. The summed E-state index contributed by atoms with van der Waals surface area (Å²) >= 11 is 0. The van der Waals surface area contributed by atoms with Gasteiger partial charge in [-0.1, -0.05) is 25.7 Å². The number of hydrogen-bond donors (Lipinski definition) is 0. The van der Waals surface area contributed by atoms with Crippen molar-refractivity contribution < 1.29 is 23.5 Å². The zero-order valence-electron chi connectivity index (χ0n) is 16.1. The molecule has 1 heterocycles. The van der Waals surface area contributed by atoms with Crippen LogP contribution in [0.1, 0.15) is 51.0 Å². The van der Waals surface area contributed by atoms with Crippen molar-refractivity contribution in [3.8, 4) is 0 Å². The molecule has 2 atom stereocenters. The zero-order valence-corrected chi connectivity index (χ0v) is 16.1. The largest absolute Gasteiger partial charge is 0.494 e. The van der Waals surface area contributed by atoms with E-state index in [2.05, 4.69) is 6.58 Å². The molecule has 0 amide bonds. The molecule has 0 spiro atoms. The minimum atomic E-state index is -0.471. The molecule has 1 fully saturated rings. The number of rotatable bonds is 10. The van der Waals surface area contributed by atoms with Gasteiger partial charge in [-0.2, -0.15) is 0 Å². The van der Waals surface area contributed by atoms with Crippen LogP contribution in [0.15, 0.2) is 59.7 Å². The van der Waals surface area contributed by atoms with Gasteiger partial charge in [0.05, 0.1) is 25.2 Å². The topological polar surface area (TPSA) is 65.7 Å². The second kappa shape index (κ2) is 9.95. The lowest BCUT2D eigenvalue weighted by Gasteiger charge is -2.29. The second-order valence-electron chi connectivity index (χ2n) is 6.83. The summed E-state index contributed by atoms with van der Waals surface area (Å²) in [6, 6.07) is 1.95. The molecular weight excluding hydrogens is 344 g/mol. The van der Waals surface area contributed by atoms with E-state index in [9.17, 15) is 9.59 Å². The van der Waals surface area contributed by atoms with Crippen LogP contribution in [0.4, 0.5) is 0 Å². The lowest BCUT2D eigenvalue weighted by Crippen LogP contribution is -2.27. The highest BCUT2D eigenvalue weighted by Gasteiger charge is 2.46. The fourth-order valence-corrected chi connectivity index (χ4v) is 3.58. The summed E-state index contributed by atoms with van der Waals surface area (Å²) in [5, 5.41) is 0. The van der Waals surface area contributed by atoms with Crippen LogP contribution in [-0.2, 0) is 19.1 Å². The molecule has 1 saturated carbocycles. The lowest BCUT2D eigenvalue weighted by atomic mass is 9.73. The Morgan fingerprint density at radius 1 is 1.44 bits per heavy atom. The molecule has 0 aliphatic heterocycles. The molecular formula is C22H28O5. The van der Waals surface area contributed by atoms with Gasteiger partial charge in [-0.25, -0.2) is 4.79 Å². The Kier molecular flexibility index (Phi) is 7.65. The van der Waals surface area contributed by atoms with Gasteiger partial charge < -0.3 is 13.9 Å². The van der Waals surface area contributed by atoms with Crippen molar-refractivity contribution in [2.45, 2.75) is 45.4 Å². The number of Topliss-reactive ketones (excluding diaryl/α,β-unsaturated/α-hetero) is 1. The molecule has 1 aromatic rings. The molecule has 146 valence electrons. The smallest absolute Gasteiger partial charge is 0.334 e. The number of hydrogen-bond acceptors (Lipinski definition) is 5. The van der Waals surface area contributed by atoms with Crippen LogP contribution in [0.5, 0.6) is 0 Å². The van der Waals surface area contributed by atoms with E-state index in [0.717, 1.165) is 18.4 Å². The summed E-state index contributed by atoms with van der Waals surface area (Å²) in [6.07, 6.45) is 12.8. The van der Waals surface area contributed by atoms with Crippen molar-refractivity contribution in [3.05, 3.63) is 60.8 Å². The van der Waals surface area contributed by atoms with Gasteiger partial charge >= 0.3 is 5.97 Å². The van der Waals surface area contributed by atoms with Crippen LogP contribution in [0.2, 0.25) is 0 Å². The third-order valence-electron chi connectivity index (χ3n) is 5.04. The minimum Gasteiger partial charge on any atom is -0.494 e. The number of allylic oxidation sites excluding steroid dienone is 2. The van der Waals surface area contributed by atoms with Gasteiger partial charge in [0.15, 0.2) is 0 Å². The summed E-state index contributed by atoms with van der Waals surface area (Å²) in [4.78, 5) is 24.2. The van der Waals surface area contributed by atoms with Gasteiger partial charge in [-0.15, -0.1) is 0 Å². The van der Waals surface area contributed by atoms with Gasteiger partial charge in [0.2, 0.25) is 0 Å². The average Bonchev–Trinajstić information content (AvgIpc) is 3.26. The molecule has 0 bridgehead atoms. The number of esters is 1. The highest BCUT2D eigenvalue weighted by Crippen LogP contribution is 2.49. The number of ketones is 1. The van der Waals surface area contributed by atoms with Crippen LogP contribution >= 0.6 is 0 Å². The Bertz CT molecular complexity index is 698. The van der Waals surface area contributed by atoms with Gasteiger partial charge in [0.25, 0.3) is 0 Å². The van der Waals surface area contributed by atoms with Crippen LogP contribution < -0.4 is 0 Å². The molecule has 1 aromatic heterocycles. The van der Waals surface area contributed by atoms with E-state index in [0.29, 0.717) is 31.0 Å². The maximum Gasteiger partial charge on any atom is 0.334 e. The fourth-order valence-electron chi connectivity index (χ4n) is 3.58. The molecule has 27 heavy (non-hydrogen) atoms. The molecule has 2 rings (SSSR count). The van der Waals surface area contributed by atoms with Gasteiger partial charge in [0, 0.05) is 11.8 Å². The monoisotopic (exact) mass is 372 g/mol. The van der Waals surface area contributed by atoms with Crippen molar-refractivity contribution >= 4 is 11.8 Å². The van der Waals surface area contributed by atoms with E-state index < -0.39 is 11.4 Å². The standard InChI is InChI=1S/C22H28O5/c1-4-13-27-21(24)15-18(26-5-2)8-6-7-12-22(3)19(9-10-20(22)23)17-11-14-25-16-17/h4,6,8,11,14-16,19H,1,5,7,9-10,12-13H2,2-3H3/b8-6+,18-15+/t19-,22-/m1/s1. The number of carbonyl (C=O) groups excluding carboxylic acids is 2. The molecule has 1 aliphatic carbocycles. The predicted octanol–water partition coefficient (Wildman–Crippen LogP) is 4.72. The Morgan fingerprint density at radius 3 is 2.93 bits per heavy atom. The summed E-state index contributed by atoms with van der Waals surface area (Å²) < 4.78 is 15.6. The van der Waals surface area contributed by atoms with E-state index in [4.69, 9.17) is 13.9 Å². The maximum absolute atomic E-state index is 12.5. The van der Waals surface area contributed by atoms with Crippen molar-refractivity contribution in [1.82, 2.24) is 0 Å².